The summed E-state index contributed by atoms with van der Waals surface area (Å²) in [7, 11) is 0. The number of thiophene rings is 1. The zero-order valence-electron chi connectivity index (χ0n) is 12.1. The number of aromatic carboxylic acids is 1. The van der Waals surface area contributed by atoms with Crippen molar-refractivity contribution in [1.82, 2.24) is 4.98 Å². The number of carboxylic acid groups (broad SMARTS) is 1. The minimum absolute atomic E-state index is 0.128. The largest absolute Gasteiger partial charge is 0.478 e. The summed E-state index contributed by atoms with van der Waals surface area (Å²) in [5.41, 5.74) is 2.00. The number of rotatable bonds is 4. The zero-order chi connectivity index (χ0) is 15.5. The van der Waals surface area contributed by atoms with Gasteiger partial charge in [-0.1, -0.05) is 0 Å². The molecule has 6 heteroatoms. The van der Waals surface area contributed by atoms with Crippen LogP contribution in [-0.4, -0.2) is 40.9 Å². The van der Waals surface area contributed by atoms with Crippen LogP contribution in [0.25, 0.3) is 11.3 Å². The van der Waals surface area contributed by atoms with Gasteiger partial charge in [-0.3, -0.25) is 0 Å². The van der Waals surface area contributed by atoms with Crippen molar-refractivity contribution >= 4 is 23.1 Å². The highest BCUT2D eigenvalue weighted by atomic mass is 32.1. The number of hydrogen-bond donors (Lipinski definition) is 2. The molecule has 22 heavy (non-hydrogen) atoms. The van der Waals surface area contributed by atoms with Crippen molar-refractivity contribution in [3.05, 3.63) is 34.5 Å². The number of aliphatic hydroxyl groups excluding tert-OH is 1. The Balaban J connectivity index is 1.99. The third-order valence-corrected chi connectivity index (χ3v) is 4.68. The minimum atomic E-state index is -0.967. The Hall–Kier alpha value is -1.92. The van der Waals surface area contributed by atoms with Crippen LogP contribution in [0, 0.1) is 5.92 Å². The molecule has 0 aromatic carbocycles. The molecule has 5 nitrogen and oxygen atoms in total. The van der Waals surface area contributed by atoms with Crippen molar-refractivity contribution in [2.45, 2.75) is 12.8 Å². The SMILES string of the molecule is O=C(O)c1ccc(-c2ccsc2)nc1N1CCC[C@H](CO)C1. The first kappa shape index (κ1) is 15.0. The van der Waals surface area contributed by atoms with E-state index in [0.717, 1.165) is 30.6 Å². The van der Waals surface area contributed by atoms with E-state index in [4.69, 9.17) is 0 Å². The van der Waals surface area contributed by atoms with E-state index in [9.17, 15) is 15.0 Å². The summed E-state index contributed by atoms with van der Waals surface area (Å²) in [6.07, 6.45) is 1.91. The highest BCUT2D eigenvalue weighted by molar-refractivity contribution is 7.08. The van der Waals surface area contributed by atoms with E-state index >= 15 is 0 Å². The van der Waals surface area contributed by atoms with Crippen LogP contribution in [0.5, 0.6) is 0 Å². The van der Waals surface area contributed by atoms with Crippen molar-refractivity contribution in [2.75, 3.05) is 24.6 Å². The third kappa shape index (κ3) is 2.98. The lowest BCUT2D eigenvalue weighted by Gasteiger charge is -2.33. The Morgan fingerprint density at radius 1 is 1.41 bits per heavy atom. The quantitative estimate of drug-likeness (QED) is 0.907. The Morgan fingerprint density at radius 2 is 2.27 bits per heavy atom. The maximum Gasteiger partial charge on any atom is 0.339 e. The predicted octanol–water partition coefficient (Wildman–Crippen LogP) is 2.72. The van der Waals surface area contributed by atoms with Crippen molar-refractivity contribution < 1.29 is 15.0 Å². The molecule has 1 aliphatic rings. The van der Waals surface area contributed by atoms with Gasteiger partial charge in [-0.15, -0.1) is 0 Å². The van der Waals surface area contributed by atoms with Gasteiger partial charge in [0.15, 0.2) is 0 Å². The normalized spacial score (nSPS) is 18.4. The highest BCUT2D eigenvalue weighted by Gasteiger charge is 2.24. The molecule has 0 aliphatic carbocycles. The van der Waals surface area contributed by atoms with Gasteiger partial charge in [0, 0.05) is 30.6 Å². The lowest BCUT2D eigenvalue weighted by molar-refractivity contribution is 0.0697. The summed E-state index contributed by atoms with van der Waals surface area (Å²) < 4.78 is 0. The van der Waals surface area contributed by atoms with Gasteiger partial charge >= 0.3 is 5.97 Å². The van der Waals surface area contributed by atoms with Gasteiger partial charge in [0.25, 0.3) is 0 Å². The molecule has 116 valence electrons. The number of piperidine rings is 1. The van der Waals surface area contributed by atoms with Crippen molar-refractivity contribution in [2.24, 2.45) is 5.92 Å². The number of anilines is 1. The number of hydrogen-bond acceptors (Lipinski definition) is 5. The Kier molecular flexibility index (Phi) is 4.40. The first-order chi connectivity index (χ1) is 10.7. The van der Waals surface area contributed by atoms with Gasteiger partial charge < -0.3 is 15.1 Å². The molecule has 0 spiro atoms. The average molecular weight is 318 g/mol. The molecule has 0 unspecified atom stereocenters. The van der Waals surface area contributed by atoms with Crippen molar-refractivity contribution in [1.29, 1.82) is 0 Å². The van der Waals surface area contributed by atoms with Crippen molar-refractivity contribution in [3.8, 4) is 11.3 Å². The zero-order valence-corrected chi connectivity index (χ0v) is 12.9. The van der Waals surface area contributed by atoms with Crippen molar-refractivity contribution in [3.63, 3.8) is 0 Å². The summed E-state index contributed by atoms with van der Waals surface area (Å²) in [5.74, 6) is -0.276. The average Bonchev–Trinajstić information content (AvgIpc) is 3.08. The lowest BCUT2D eigenvalue weighted by Crippen LogP contribution is -2.38. The van der Waals surface area contributed by atoms with Gasteiger partial charge in [0.2, 0.25) is 0 Å². The maximum absolute atomic E-state index is 11.5. The molecule has 2 aromatic heterocycles. The fourth-order valence-electron chi connectivity index (χ4n) is 2.83. The highest BCUT2D eigenvalue weighted by Crippen LogP contribution is 2.29. The van der Waals surface area contributed by atoms with E-state index < -0.39 is 5.97 Å². The summed E-state index contributed by atoms with van der Waals surface area (Å²) >= 11 is 1.59. The molecule has 3 heterocycles. The first-order valence-electron chi connectivity index (χ1n) is 7.31. The fraction of sp³-hybridized carbons (Fsp3) is 0.375. The number of pyridine rings is 1. The van der Waals surface area contributed by atoms with E-state index in [1.807, 2.05) is 21.7 Å². The number of aromatic nitrogens is 1. The first-order valence-corrected chi connectivity index (χ1v) is 8.26. The summed E-state index contributed by atoms with van der Waals surface area (Å²) in [6.45, 7) is 1.55. The molecule has 0 saturated carbocycles. The van der Waals surface area contributed by atoms with Crippen LogP contribution in [0.1, 0.15) is 23.2 Å². The summed E-state index contributed by atoms with van der Waals surface area (Å²) in [5, 5.41) is 22.8. The summed E-state index contributed by atoms with van der Waals surface area (Å²) in [4.78, 5) is 18.1. The molecule has 1 saturated heterocycles. The second-order valence-corrected chi connectivity index (χ2v) is 6.30. The van der Waals surface area contributed by atoms with Crippen LogP contribution in [-0.2, 0) is 0 Å². The Morgan fingerprint density at radius 3 is 2.95 bits per heavy atom. The van der Waals surface area contributed by atoms with Gasteiger partial charge in [0.1, 0.15) is 11.4 Å². The predicted molar refractivity (Wildman–Crippen MR) is 86.5 cm³/mol. The van der Waals surface area contributed by atoms with Crippen LogP contribution in [0.15, 0.2) is 29.0 Å². The molecule has 2 aromatic rings. The maximum atomic E-state index is 11.5. The third-order valence-electron chi connectivity index (χ3n) is 4.00. The minimum Gasteiger partial charge on any atom is -0.478 e. The van der Waals surface area contributed by atoms with Crippen LogP contribution >= 0.6 is 11.3 Å². The lowest BCUT2D eigenvalue weighted by atomic mass is 9.98. The number of nitrogens with zero attached hydrogens (tertiary/aromatic N) is 2. The standard InChI is InChI=1S/C16H18N2O3S/c19-9-11-2-1-6-18(8-11)15-13(16(20)21)3-4-14(17-15)12-5-7-22-10-12/h3-5,7,10-11,19H,1-2,6,8-9H2,(H,20,21)/t11-/m0/s1. The molecule has 1 atom stereocenters. The van der Waals surface area contributed by atoms with Crippen LogP contribution < -0.4 is 4.90 Å². The van der Waals surface area contributed by atoms with Crippen LogP contribution in [0.2, 0.25) is 0 Å². The molecule has 2 N–H and O–H groups in total. The number of carbonyl (C=O) groups is 1. The molecule has 1 aliphatic heterocycles. The van der Waals surface area contributed by atoms with E-state index in [1.165, 1.54) is 0 Å². The second kappa shape index (κ2) is 6.46. The Labute approximate surface area is 132 Å². The second-order valence-electron chi connectivity index (χ2n) is 5.52. The van der Waals surface area contributed by atoms with Crippen LogP contribution in [0.4, 0.5) is 5.82 Å². The molecule has 1 fully saturated rings. The molecular formula is C16H18N2O3S. The van der Waals surface area contributed by atoms with E-state index in [-0.39, 0.29) is 18.1 Å². The van der Waals surface area contributed by atoms with E-state index in [1.54, 1.807) is 23.5 Å². The molecule has 0 amide bonds. The molecule has 3 rings (SSSR count). The number of carboxylic acids is 1. The molecule has 0 radical (unpaired) electrons. The van der Waals surface area contributed by atoms with Gasteiger partial charge in [0.05, 0.1) is 5.69 Å². The van der Waals surface area contributed by atoms with Gasteiger partial charge in [-0.2, -0.15) is 11.3 Å². The van der Waals surface area contributed by atoms with Crippen LogP contribution in [0.3, 0.4) is 0 Å². The van der Waals surface area contributed by atoms with E-state index in [2.05, 4.69) is 4.98 Å². The Bertz CT molecular complexity index is 657. The van der Waals surface area contributed by atoms with E-state index in [0.29, 0.717) is 12.4 Å². The van der Waals surface area contributed by atoms with Gasteiger partial charge in [-0.05, 0) is 42.3 Å². The monoisotopic (exact) mass is 318 g/mol. The van der Waals surface area contributed by atoms with Gasteiger partial charge in [-0.25, -0.2) is 9.78 Å². The number of aliphatic hydroxyl groups is 1. The molecular weight excluding hydrogens is 300 g/mol. The summed E-state index contributed by atoms with van der Waals surface area (Å²) in [6, 6.07) is 5.35. The topological polar surface area (TPSA) is 73.7 Å². The molecule has 0 bridgehead atoms. The fourth-order valence-corrected chi connectivity index (χ4v) is 3.48. The smallest absolute Gasteiger partial charge is 0.339 e.